The summed E-state index contributed by atoms with van der Waals surface area (Å²) >= 11 is 8.18. The van der Waals surface area contributed by atoms with Gasteiger partial charge in [0.25, 0.3) is 0 Å². The summed E-state index contributed by atoms with van der Waals surface area (Å²) in [7, 11) is 3.84. The third kappa shape index (κ3) is 6.93. The maximum absolute atomic E-state index is 8.18. The zero-order chi connectivity index (χ0) is 30.9. The number of hydrogen-bond donors (Lipinski definition) is 2. The van der Waals surface area contributed by atoms with E-state index in [4.69, 9.17) is 21.7 Å². The molecule has 0 aliphatic carbocycles. The fourth-order valence-electron chi connectivity index (χ4n) is 5.85. The number of hydrogen-bond acceptors (Lipinski definition) is 6. The summed E-state index contributed by atoms with van der Waals surface area (Å²) in [6, 6.07) is 40.2. The average molecular weight is 628 g/mol. The number of guanidine groups is 2. The van der Waals surface area contributed by atoms with E-state index in [1.807, 2.05) is 43.3 Å². The van der Waals surface area contributed by atoms with E-state index in [1.54, 1.807) is 0 Å². The maximum atomic E-state index is 8.18. The number of unbranched alkanes of at least 4 members (excludes halogenated alkanes) is 4. The van der Waals surface area contributed by atoms with Crippen LogP contribution in [0.5, 0.6) is 5.75 Å². The van der Waals surface area contributed by atoms with Gasteiger partial charge in [0.15, 0.2) is 12.1 Å². The SMILES string of the molecule is CN(C)C1=NC(c2ccc(OCCCCCCCP(Cl)(c3ccccc3)(c3ccccc3)c3ccccc3)cc2)N=C(N)N1. The van der Waals surface area contributed by atoms with Crippen molar-refractivity contribution in [2.75, 3.05) is 26.9 Å². The Morgan fingerprint density at radius 1 is 0.705 bits per heavy atom. The first-order valence-corrected chi connectivity index (χ1v) is 18.7. The van der Waals surface area contributed by atoms with E-state index in [1.165, 1.54) is 15.9 Å². The van der Waals surface area contributed by atoms with E-state index < -0.39 is 5.96 Å². The summed E-state index contributed by atoms with van der Waals surface area (Å²) in [6.45, 7) is 0.688. The van der Waals surface area contributed by atoms with Gasteiger partial charge < -0.3 is 10.6 Å². The molecule has 0 saturated carbocycles. The Kier molecular flexibility index (Phi) is 10.2. The van der Waals surface area contributed by atoms with E-state index in [-0.39, 0.29) is 6.17 Å². The van der Waals surface area contributed by atoms with Gasteiger partial charge in [-0.3, -0.25) is 5.32 Å². The standard InChI is InChI=1S/C36H43ClN5OP/c1-42(2)36-40-34(39-35(38)41-36)29-23-25-30(26-24-29)43-27-15-4-3-5-16-28-44(37,31-17-9-6-10-18-31,32-19-11-7-12-20-32)33-21-13-8-14-22-33/h6-14,17-26,34H,3-5,15-16,27-28H2,1-2H3,(H3,38,39,40,41). The molecular formula is C36H43ClN5OP. The van der Waals surface area contributed by atoms with Crippen molar-refractivity contribution in [3.63, 3.8) is 0 Å². The molecule has 44 heavy (non-hydrogen) atoms. The molecule has 1 aliphatic heterocycles. The van der Waals surface area contributed by atoms with Crippen LogP contribution in [-0.4, -0.2) is 43.7 Å². The second-order valence-electron chi connectivity index (χ2n) is 11.5. The van der Waals surface area contributed by atoms with Gasteiger partial charge in [-0.25, -0.2) is 9.98 Å². The summed E-state index contributed by atoms with van der Waals surface area (Å²) in [6.07, 6.45) is 6.02. The monoisotopic (exact) mass is 627 g/mol. The summed E-state index contributed by atoms with van der Waals surface area (Å²) in [5, 5.41) is 6.69. The Bertz CT molecular complexity index is 1450. The first-order valence-electron chi connectivity index (χ1n) is 15.4. The normalized spacial score (nSPS) is 15.7. The van der Waals surface area contributed by atoms with Crippen LogP contribution in [0.3, 0.4) is 0 Å². The molecule has 4 aromatic carbocycles. The van der Waals surface area contributed by atoms with E-state index in [0.717, 1.165) is 49.6 Å². The number of nitrogens with two attached hydrogens (primary N) is 1. The van der Waals surface area contributed by atoms with Gasteiger partial charge in [0.1, 0.15) is 0 Å². The van der Waals surface area contributed by atoms with Gasteiger partial charge >= 0.3 is 209 Å². The van der Waals surface area contributed by atoms with Crippen LogP contribution in [0.4, 0.5) is 0 Å². The van der Waals surface area contributed by atoms with Crippen molar-refractivity contribution >= 4 is 45.0 Å². The van der Waals surface area contributed by atoms with Gasteiger partial charge in [-0.1, -0.05) is 0 Å². The van der Waals surface area contributed by atoms with Crippen molar-refractivity contribution in [2.45, 2.75) is 38.3 Å². The van der Waals surface area contributed by atoms with Gasteiger partial charge in [-0.15, -0.1) is 0 Å². The summed E-state index contributed by atoms with van der Waals surface area (Å²) < 4.78 is 6.05. The van der Waals surface area contributed by atoms with E-state index in [9.17, 15) is 0 Å². The number of rotatable bonds is 13. The van der Waals surface area contributed by atoms with Crippen molar-refractivity contribution in [2.24, 2.45) is 15.7 Å². The van der Waals surface area contributed by atoms with Crippen LogP contribution < -0.4 is 31.7 Å². The molecular weight excluding hydrogens is 585 g/mol. The quantitative estimate of drug-likeness (QED) is 0.131. The molecule has 1 heterocycles. The minimum atomic E-state index is -3.17. The van der Waals surface area contributed by atoms with Crippen LogP contribution in [-0.2, 0) is 0 Å². The van der Waals surface area contributed by atoms with Crippen molar-refractivity contribution in [3.05, 3.63) is 121 Å². The topological polar surface area (TPSA) is 75.2 Å². The van der Waals surface area contributed by atoms with Gasteiger partial charge in [0.2, 0.25) is 5.96 Å². The van der Waals surface area contributed by atoms with E-state index in [2.05, 4.69) is 106 Å². The third-order valence-corrected chi connectivity index (χ3v) is 15.8. The number of halogens is 1. The Morgan fingerprint density at radius 2 is 1.20 bits per heavy atom. The molecule has 1 atom stereocenters. The van der Waals surface area contributed by atoms with Gasteiger partial charge in [0, 0.05) is 14.1 Å². The van der Waals surface area contributed by atoms with Crippen LogP contribution in [0.25, 0.3) is 0 Å². The molecule has 0 spiro atoms. The van der Waals surface area contributed by atoms with Crippen LogP contribution in [0.15, 0.2) is 125 Å². The van der Waals surface area contributed by atoms with Gasteiger partial charge in [-0.2, -0.15) is 0 Å². The molecule has 0 saturated heterocycles. The fraction of sp³-hybridized carbons (Fsp3) is 0.278. The Balaban J connectivity index is 1.15. The number of benzene rings is 4. The molecule has 230 valence electrons. The van der Waals surface area contributed by atoms with E-state index >= 15 is 0 Å². The Hall–Kier alpha value is -3.86. The predicted octanol–water partition coefficient (Wildman–Crippen LogP) is 6.53. The Labute approximate surface area is 266 Å². The fourth-order valence-corrected chi connectivity index (χ4v) is 12.1. The summed E-state index contributed by atoms with van der Waals surface area (Å²) in [5.74, 6) is -1.26. The van der Waals surface area contributed by atoms with Crippen molar-refractivity contribution in [1.29, 1.82) is 0 Å². The van der Waals surface area contributed by atoms with Crippen LogP contribution in [0.2, 0.25) is 0 Å². The van der Waals surface area contributed by atoms with Crippen molar-refractivity contribution in [3.8, 4) is 5.75 Å². The van der Waals surface area contributed by atoms with Crippen LogP contribution in [0.1, 0.15) is 43.8 Å². The summed E-state index contributed by atoms with van der Waals surface area (Å²) in [5.41, 5.74) is 6.93. The first kappa shape index (κ1) is 31.6. The minimum Gasteiger partial charge on any atom is -0.370 e. The van der Waals surface area contributed by atoms with Gasteiger partial charge in [-0.05, 0) is 0 Å². The van der Waals surface area contributed by atoms with Crippen molar-refractivity contribution < 1.29 is 4.74 Å². The molecule has 0 fully saturated rings. The average Bonchev–Trinajstić information content (AvgIpc) is 3.07. The molecule has 6 nitrogen and oxygen atoms in total. The predicted molar refractivity (Wildman–Crippen MR) is 190 cm³/mol. The number of nitrogens with one attached hydrogen (secondary N) is 1. The molecule has 4 aromatic rings. The number of aliphatic imine (C=N–C) groups is 2. The molecule has 0 aromatic heterocycles. The number of ether oxygens (including phenoxy) is 1. The molecule has 0 bridgehead atoms. The molecule has 0 amide bonds. The summed E-state index contributed by atoms with van der Waals surface area (Å²) in [4.78, 5) is 10.9. The van der Waals surface area contributed by atoms with Gasteiger partial charge in [0.05, 0.1) is 0 Å². The molecule has 0 radical (unpaired) electrons. The molecule has 1 unspecified atom stereocenters. The maximum Gasteiger partial charge on any atom is 0.197 e. The zero-order valence-corrected chi connectivity index (χ0v) is 27.3. The molecule has 1 aliphatic rings. The van der Waals surface area contributed by atoms with Crippen LogP contribution >= 0.6 is 17.2 Å². The molecule has 5 rings (SSSR count). The second-order valence-corrected chi connectivity index (χ2v) is 18.1. The minimum absolute atomic E-state index is 0.359. The third-order valence-electron chi connectivity index (χ3n) is 8.22. The second kappa shape index (κ2) is 14.3. The zero-order valence-electron chi connectivity index (χ0n) is 25.6. The van der Waals surface area contributed by atoms with Crippen LogP contribution in [0, 0.1) is 0 Å². The van der Waals surface area contributed by atoms with E-state index in [0.29, 0.717) is 18.5 Å². The largest absolute Gasteiger partial charge is 0.370 e. The molecule has 8 heteroatoms. The van der Waals surface area contributed by atoms with Crippen molar-refractivity contribution in [1.82, 2.24) is 10.2 Å². The molecule has 3 N–H and O–H groups in total. The number of nitrogens with zero attached hydrogens (tertiary/aromatic N) is 3. The first-order chi connectivity index (χ1) is 21.4. The Morgan fingerprint density at radius 3 is 1.73 bits per heavy atom. The smallest absolute Gasteiger partial charge is 0.197 e.